The van der Waals surface area contributed by atoms with Gasteiger partial charge in [0.05, 0.1) is 16.4 Å². The van der Waals surface area contributed by atoms with Gasteiger partial charge in [-0.25, -0.2) is 5.43 Å². The molecule has 4 aromatic rings. The number of nitrogens with one attached hydrogen (secondary N) is 1. The molecule has 7 nitrogen and oxygen atoms in total. The number of rotatable bonds is 7. The minimum absolute atomic E-state index is 0.0292. The molecule has 3 aromatic carbocycles. The molecule has 0 aliphatic heterocycles. The number of phenolic OH excluding ortho intramolecular Hbond substituents is 1. The van der Waals surface area contributed by atoms with Gasteiger partial charge in [-0.15, -0.1) is 10.2 Å². The van der Waals surface area contributed by atoms with Crippen molar-refractivity contribution in [2.24, 2.45) is 5.10 Å². The third-order valence-electron chi connectivity index (χ3n) is 4.81. The van der Waals surface area contributed by atoms with E-state index >= 15 is 0 Å². The predicted octanol–water partition coefficient (Wildman–Crippen LogP) is 6.37. The van der Waals surface area contributed by atoms with Gasteiger partial charge in [-0.1, -0.05) is 57.0 Å². The van der Waals surface area contributed by atoms with Crippen molar-refractivity contribution in [3.8, 4) is 22.8 Å². The maximum Gasteiger partial charge on any atom is 0.250 e. The van der Waals surface area contributed by atoms with Gasteiger partial charge in [0.15, 0.2) is 11.0 Å². The highest BCUT2D eigenvalue weighted by molar-refractivity contribution is 9.11. The van der Waals surface area contributed by atoms with Gasteiger partial charge < -0.3 is 5.11 Å². The molecule has 0 atom stereocenters. The monoisotopic (exact) mass is 633 g/mol. The molecule has 0 spiro atoms. The van der Waals surface area contributed by atoms with Crippen LogP contribution in [0.5, 0.6) is 5.75 Å². The van der Waals surface area contributed by atoms with Gasteiger partial charge in [-0.05, 0) is 71.4 Å². The van der Waals surface area contributed by atoms with Crippen molar-refractivity contribution in [2.45, 2.75) is 12.1 Å². The standard InChI is InChI=1S/C24H18Br2ClN5O2S/c1-14-2-8-19(9-3-14)32-23(15-4-6-18(27)7-5-15)30-31-24(32)35-13-21(33)29-28-12-16-10-17(25)11-20(26)22(16)34/h2-12,34H,13H2,1H3,(H,29,33)/b28-12+. The molecule has 0 bridgehead atoms. The van der Waals surface area contributed by atoms with Gasteiger partial charge in [0.25, 0.3) is 5.91 Å². The largest absolute Gasteiger partial charge is 0.506 e. The SMILES string of the molecule is Cc1ccc(-n2c(SCC(=O)N/N=C/c3cc(Br)cc(Br)c3O)nnc2-c2ccc(Cl)cc2)cc1. The first-order valence-electron chi connectivity index (χ1n) is 10.2. The highest BCUT2D eigenvalue weighted by Crippen LogP contribution is 2.31. The Morgan fingerprint density at radius 1 is 1.14 bits per heavy atom. The normalized spacial score (nSPS) is 11.2. The number of carbonyl (C=O) groups is 1. The maximum absolute atomic E-state index is 12.4. The van der Waals surface area contributed by atoms with E-state index in [2.05, 4.69) is 52.6 Å². The molecule has 1 heterocycles. The first kappa shape index (κ1) is 25.4. The average molecular weight is 636 g/mol. The van der Waals surface area contributed by atoms with Crippen LogP contribution in [-0.4, -0.2) is 37.7 Å². The fourth-order valence-electron chi connectivity index (χ4n) is 3.10. The van der Waals surface area contributed by atoms with Crippen LogP contribution in [0.4, 0.5) is 0 Å². The summed E-state index contributed by atoms with van der Waals surface area (Å²) in [6.07, 6.45) is 1.38. The van der Waals surface area contributed by atoms with Crippen molar-refractivity contribution >= 4 is 67.3 Å². The van der Waals surface area contributed by atoms with E-state index in [1.807, 2.05) is 47.9 Å². The first-order chi connectivity index (χ1) is 16.8. The average Bonchev–Trinajstić information content (AvgIpc) is 3.25. The molecule has 0 radical (unpaired) electrons. The number of halogens is 3. The summed E-state index contributed by atoms with van der Waals surface area (Å²) in [6.45, 7) is 2.02. The molecular formula is C24H18Br2ClN5O2S. The van der Waals surface area contributed by atoms with Gasteiger partial charge in [0, 0.05) is 26.3 Å². The lowest BCUT2D eigenvalue weighted by molar-refractivity contribution is -0.118. The van der Waals surface area contributed by atoms with Gasteiger partial charge in [-0.3, -0.25) is 9.36 Å². The minimum atomic E-state index is -0.327. The van der Waals surface area contributed by atoms with Gasteiger partial charge in [-0.2, -0.15) is 5.10 Å². The third-order valence-corrected chi connectivity index (χ3v) is 7.05. The minimum Gasteiger partial charge on any atom is -0.506 e. The zero-order valence-electron chi connectivity index (χ0n) is 18.2. The molecule has 2 N–H and O–H groups in total. The second kappa shape index (κ2) is 11.4. The lowest BCUT2D eigenvalue weighted by Crippen LogP contribution is -2.20. The molecule has 1 aromatic heterocycles. The number of aryl methyl sites for hydroxylation is 1. The van der Waals surface area contributed by atoms with E-state index in [-0.39, 0.29) is 17.4 Å². The topological polar surface area (TPSA) is 92.4 Å². The summed E-state index contributed by atoms with van der Waals surface area (Å²) in [6, 6.07) is 18.7. The van der Waals surface area contributed by atoms with Crippen molar-refractivity contribution < 1.29 is 9.90 Å². The fourth-order valence-corrected chi connectivity index (χ4v) is 5.22. The molecular weight excluding hydrogens is 618 g/mol. The molecule has 0 fully saturated rings. The van der Waals surface area contributed by atoms with Crippen LogP contribution < -0.4 is 5.43 Å². The summed E-state index contributed by atoms with van der Waals surface area (Å²) in [5, 5.41) is 23.9. The van der Waals surface area contributed by atoms with Crippen LogP contribution in [0.1, 0.15) is 11.1 Å². The number of nitrogens with zero attached hydrogens (tertiary/aromatic N) is 4. The van der Waals surface area contributed by atoms with E-state index in [1.165, 1.54) is 18.0 Å². The van der Waals surface area contributed by atoms with Crippen molar-refractivity contribution in [3.63, 3.8) is 0 Å². The Labute approximate surface area is 227 Å². The lowest BCUT2D eigenvalue weighted by atomic mass is 10.2. The van der Waals surface area contributed by atoms with Gasteiger partial charge in [0.1, 0.15) is 5.75 Å². The number of phenols is 1. The van der Waals surface area contributed by atoms with Crippen molar-refractivity contribution in [1.29, 1.82) is 0 Å². The molecule has 35 heavy (non-hydrogen) atoms. The Morgan fingerprint density at radius 3 is 2.57 bits per heavy atom. The molecule has 0 aliphatic rings. The fraction of sp³-hybridized carbons (Fsp3) is 0.0833. The number of hydrazone groups is 1. The van der Waals surface area contributed by atoms with E-state index in [0.29, 0.717) is 26.0 Å². The molecule has 0 unspecified atom stereocenters. The second-order valence-corrected chi connectivity index (χ2v) is 10.5. The Bertz CT molecular complexity index is 1390. The second-order valence-electron chi connectivity index (χ2n) is 7.39. The number of carbonyl (C=O) groups excluding carboxylic acids is 1. The zero-order valence-corrected chi connectivity index (χ0v) is 23.0. The molecule has 11 heteroatoms. The summed E-state index contributed by atoms with van der Waals surface area (Å²) in [5.74, 6) is 0.408. The summed E-state index contributed by atoms with van der Waals surface area (Å²) in [4.78, 5) is 12.4. The van der Waals surface area contributed by atoms with E-state index in [9.17, 15) is 9.90 Å². The summed E-state index contributed by atoms with van der Waals surface area (Å²) >= 11 is 13.9. The van der Waals surface area contributed by atoms with Crippen LogP contribution in [0.15, 0.2) is 79.9 Å². The van der Waals surface area contributed by atoms with Crippen molar-refractivity contribution in [1.82, 2.24) is 20.2 Å². The van der Waals surface area contributed by atoms with Crippen molar-refractivity contribution in [3.05, 3.63) is 85.8 Å². The zero-order chi connectivity index (χ0) is 24.9. The highest BCUT2D eigenvalue weighted by Gasteiger charge is 2.17. The number of aromatic hydroxyl groups is 1. The van der Waals surface area contributed by atoms with E-state index in [1.54, 1.807) is 24.3 Å². The molecule has 0 saturated heterocycles. The predicted molar refractivity (Wildman–Crippen MR) is 147 cm³/mol. The summed E-state index contributed by atoms with van der Waals surface area (Å²) in [5.41, 5.74) is 5.78. The maximum atomic E-state index is 12.4. The number of thioether (sulfide) groups is 1. The molecule has 1 amide bonds. The van der Waals surface area contributed by atoms with Crippen LogP contribution in [0, 0.1) is 6.92 Å². The molecule has 0 saturated carbocycles. The van der Waals surface area contributed by atoms with Crippen molar-refractivity contribution in [2.75, 3.05) is 5.75 Å². The molecule has 0 aliphatic carbocycles. The highest BCUT2D eigenvalue weighted by atomic mass is 79.9. The van der Waals surface area contributed by atoms with E-state index < -0.39 is 0 Å². The van der Waals surface area contributed by atoms with Gasteiger partial charge in [0.2, 0.25) is 0 Å². The smallest absolute Gasteiger partial charge is 0.250 e. The lowest BCUT2D eigenvalue weighted by Gasteiger charge is -2.10. The first-order valence-corrected chi connectivity index (χ1v) is 13.2. The van der Waals surface area contributed by atoms with Crippen LogP contribution in [0.2, 0.25) is 5.02 Å². The third kappa shape index (κ3) is 6.32. The van der Waals surface area contributed by atoms with Crippen LogP contribution in [0.3, 0.4) is 0 Å². The molecule has 178 valence electrons. The van der Waals surface area contributed by atoms with Crippen LogP contribution in [0.25, 0.3) is 17.1 Å². The number of hydrogen-bond acceptors (Lipinski definition) is 6. The van der Waals surface area contributed by atoms with E-state index in [4.69, 9.17) is 11.6 Å². The van der Waals surface area contributed by atoms with Crippen LogP contribution in [-0.2, 0) is 4.79 Å². The summed E-state index contributed by atoms with van der Waals surface area (Å²) in [7, 11) is 0. The number of amides is 1. The quantitative estimate of drug-likeness (QED) is 0.140. The number of aromatic nitrogens is 3. The summed E-state index contributed by atoms with van der Waals surface area (Å²) < 4.78 is 3.18. The van der Waals surface area contributed by atoms with Crippen LogP contribution >= 0.6 is 55.2 Å². The van der Waals surface area contributed by atoms with Gasteiger partial charge >= 0.3 is 0 Å². The van der Waals surface area contributed by atoms with E-state index in [0.717, 1.165) is 21.3 Å². The molecule has 4 rings (SSSR count). The number of hydrogen-bond donors (Lipinski definition) is 2. The Kier molecular flexibility index (Phi) is 8.27. The Hall–Kier alpha value is -2.66. The number of benzene rings is 3. The Balaban J connectivity index is 1.51. The Morgan fingerprint density at radius 2 is 1.86 bits per heavy atom.